The molecule has 0 amide bonds. The second-order valence-electron chi connectivity index (χ2n) is 6.44. The van der Waals surface area contributed by atoms with E-state index >= 15 is 0 Å². The molecule has 19 heteroatoms. The predicted octanol–water partition coefficient (Wildman–Crippen LogP) is 5.01. The first-order chi connectivity index (χ1) is 17.9. The quantitative estimate of drug-likeness (QED) is 0.129. The van der Waals surface area contributed by atoms with Gasteiger partial charge in [0.2, 0.25) is 10.9 Å². The van der Waals surface area contributed by atoms with Crippen LogP contribution in [0.15, 0.2) is 12.1 Å². The number of thioether (sulfide) groups is 1. The van der Waals surface area contributed by atoms with Crippen molar-refractivity contribution in [1.29, 1.82) is 0 Å². The topological polar surface area (TPSA) is 214 Å². The molecule has 2 aromatic carbocycles. The molecule has 0 saturated heterocycles. The Morgan fingerprint density at radius 2 is 0.923 bits per heavy atom. The number of hydrogen-bond acceptors (Lipinski definition) is 9. The molecule has 0 saturated carbocycles. The number of aliphatic carboxylic acids is 2. The molecule has 0 aliphatic heterocycles. The van der Waals surface area contributed by atoms with Gasteiger partial charge in [-0.3, -0.25) is 0 Å². The summed E-state index contributed by atoms with van der Waals surface area (Å²) in [7, 11) is 3.58. The fraction of sp³-hybridized carbons (Fsp3) is 0.200. The summed E-state index contributed by atoms with van der Waals surface area (Å²) in [6.07, 6.45) is 0. The molecule has 0 radical (unpaired) electrons. The van der Waals surface area contributed by atoms with E-state index in [9.17, 15) is 19.2 Å². The van der Waals surface area contributed by atoms with Gasteiger partial charge < -0.3 is 41.3 Å². The van der Waals surface area contributed by atoms with Crippen LogP contribution in [0, 0.1) is 21.4 Å². The molecular weight excluding hydrogens is 1220 g/mol. The molecule has 0 bridgehead atoms. The first kappa shape index (κ1) is 39.6. The molecule has 0 fully saturated rings. The molecule has 0 heterocycles. The summed E-state index contributed by atoms with van der Waals surface area (Å²) in [4.78, 5) is 41.7. The maximum atomic E-state index is 11.0. The van der Waals surface area contributed by atoms with E-state index in [2.05, 4.69) is 101 Å². The van der Waals surface area contributed by atoms with Crippen molar-refractivity contribution in [2.45, 2.75) is 10.9 Å². The number of rotatable bonds is 8. The largest absolute Gasteiger partial charge is 0.479 e. The number of carbonyl (C=O) groups is 4. The van der Waals surface area contributed by atoms with Gasteiger partial charge in [0.1, 0.15) is 0 Å². The zero-order chi connectivity index (χ0) is 30.8. The van der Waals surface area contributed by atoms with Gasteiger partial charge in [-0.2, -0.15) is 0 Å². The van der Waals surface area contributed by atoms with E-state index in [1.165, 1.54) is 0 Å². The summed E-state index contributed by atoms with van der Waals surface area (Å²) in [6, 6.07) is 3.72. The number of anilines is 2. The molecule has 2 atom stereocenters. The molecule has 8 N–H and O–H groups in total. The third-order valence-corrected chi connectivity index (χ3v) is 10.4. The van der Waals surface area contributed by atoms with Crippen LogP contribution < -0.4 is 10.6 Å². The minimum absolute atomic E-state index is 0.0278. The van der Waals surface area contributed by atoms with Crippen molar-refractivity contribution in [2.75, 3.05) is 24.7 Å². The molecule has 0 spiro atoms. The van der Waals surface area contributed by atoms with Crippen LogP contribution in [0.1, 0.15) is 20.7 Å². The first-order valence-corrected chi connectivity index (χ1v) is 17.0. The van der Waals surface area contributed by atoms with E-state index in [0.717, 1.165) is 32.8 Å². The number of benzene rings is 2. The van der Waals surface area contributed by atoms with E-state index in [1.54, 1.807) is 14.1 Å². The van der Waals surface area contributed by atoms with Crippen molar-refractivity contribution in [1.82, 2.24) is 0 Å². The van der Waals surface area contributed by atoms with Gasteiger partial charge in [0.15, 0.2) is 0 Å². The highest BCUT2D eigenvalue weighted by molar-refractivity contribution is 14.1. The Bertz CT molecular complexity index is 1160. The SMILES string of the molecule is CNc1c(I)cc(I)c(C(=O)O)c1I.CNc1c(I)cc(I)c(C(=O)O)c1I.O=C(O)C(O)SC(O)C(=O)O. The van der Waals surface area contributed by atoms with Crippen LogP contribution in [-0.4, -0.2) is 79.5 Å². The Morgan fingerprint density at radius 3 is 1.13 bits per heavy atom. The first-order valence-electron chi connectivity index (χ1n) is 9.56. The van der Waals surface area contributed by atoms with Gasteiger partial charge in [0.05, 0.1) is 29.6 Å². The summed E-state index contributed by atoms with van der Waals surface area (Å²) >= 11 is 12.6. The van der Waals surface area contributed by atoms with Crippen LogP contribution in [0.5, 0.6) is 0 Å². The zero-order valence-corrected chi connectivity index (χ0v) is 33.1. The zero-order valence-electron chi connectivity index (χ0n) is 19.3. The van der Waals surface area contributed by atoms with Crippen molar-refractivity contribution in [3.63, 3.8) is 0 Å². The normalized spacial score (nSPS) is 11.5. The second-order valence-corrected chi connectivity index (χ2v) is 14.4. The molecule has 0 aliphatic rings. The smallest absolute Gasteiger partial charge is 0.343 e. The number of nitrogens with one attached hydrogen (secondary N) is 2. The predicted molar refractivity (Wildman–Crippen MR) is 197 cm³/mol. The number of carboxylic acid groups (broad SMARTS) is 4. The Hall–Kier alpha value is 0.570. The number of aromatic carboxylic acids is 2. The van der Waals surface area contributed by atoms with Crippen molar-refractivity contribution >= 4 is 183 Å². The molecule has 0 aromatic heterocycles. The summed E-state index contributed by atoms with van der Waals surface area (Å²) in [6.45, 7) is 0. The molecule has 2 unspecified atom stereocenters. The van der Waals surface area contributed by atoms with Gasteiger partial charge in [-0.15, -0.1) is 0 Å². The van der Waals surface area contributed by atoms with Gasteiger partial charge in [-0.1, -0.05) is 11.8 Å². The molecule has 216 valence electrons. The van der Waals surface area contributed by atoms with E-state index in [-0.39, 0.29) is 11.8 Å². The molecule has 2 aromatic rings. The lowest BCUT2D eigenvalue weighted by atomic mass is 10.2. The maximum absolute atomic E-state index is 11.0. The van der Waals surface area contributed by atoms with Gasteiger partial charge >= 0.3 is 23.9 Å². The summed E-state index contributed by atoms with van der Waals surface area (Å²) in [5.74, 6) is -4.94. The molecule has 39 heavy (non-hydrogen) atoms. The number of aliphatic hydroxyl groups is 2. The van der Waals surface area contributed by atoms with Crippen molar-refractivity contribution in [3.8, 4) is 0 Å². The lowest BCUT2D eigenvalue weighted by Gasteiger charge is -2.11. The Balaban J connectivity index is 0.000000561. The van der Waals surface area contributed by atoms with Crippen LogP contribution in [0.2, 0.25) is 0 Å². The fourth-order valence-electron chi connectivity index (χ4n) is 2.27. The van der Waals surface area contributed by atoms with Crippen molar-refractivity contribution < 1.29 is 49.8 Å². The fourth-order valence-corrected chi connectivity index (χ4v) is 11.5. The molecule has 0 aliphatic carbocycles. The summed E-state index contributed by atoms with van der Waals surface area (Å²) in [5, 5.41) is 57.1. The van der Waals surface area contributed by atoms with Gasteiger partial charge in [0.25, 0.3) is 0 Å². The van der Waals surface area contributed by atoms with Crippen LogP contribution in [-0.2, 0) is 9.59 Å². The monoisotopic (exact) mass is 1240 g/mol. The third kappa shape index (κ3) is 12.4. The lowest BCUT2D eigenvalue weighted by Crippen LogP contribution is -2.24. The number of carboxylic acids is 4. The van der Waals surface area contributed by atoms with Crippen LogP contribution in [0.4, 0.5) is 11.4 Å². The van der Waals surface area contributed by atoms with E-state index in [4.69, 9.17) is 30.6 Å². The molecule has 12 nitrogen and oxygen atoms in total. The lowest BCUT2D eigenvalue weighted by molar-refractivity contribution is -0.142. The average molecular weight is 1240 g/mol. The summed E-state index contributed by atoms with van der Waals surface area (Å²) in [5.41, 5.74) is -1.33. The molecule has 2 rings (SSSR count). The van der Waals surface area contributed by atoms with Crippen molar-refractivity contribution in [2.24, 2.45) is 0 Å². The van der Waals surface area contributed by atoms with Gasteiger partial charge in [-0.25, -0.2) is 19.2 Å². The van der Waals surface area contributed by atoms with Gasteiger partial charge in [-0.05, 0) is 148 Å². The average Bonchev–Trinajstić information content (AvgIpc) is 2.79. The maximum Gasteiger partial charge on any atom is 0.343 e. The minimum atomic E-state index is -1.92. The number of hydrogen-bond donors (Lipinski definition) is 8. The van der Waals surface area contributed by atoms with Crippen LogP contribution >= 0.6 is 147 Å². The highest BCUT2D eigenvalue weighted by Crippen LogP contribution is 2.32. The highest BCUT2D eigenvalue weighted by atomic mass is 127. The molecular formula is C20H18I6N2O10S. The van der Waals surface area contributed by atoms with E-state index < -0.39 is 34.7 Å². The highest BCUT2D eigenvalue weighted by Gasteiger charge is 2.23. The van der Waals surface area contributed by atoms with Gasteiger partial charge in [0, 0.05) is 28.4 Å². The van der Waals surface area contributed by atoms with E-state index in [0.29, 0.717) is 11.1 Å². The van der Waals surface area contributed by atoms with Crippen molar-refractivity contribution in [3.05, 3.63) is 44.7 Å². The number of aliphatic hydroxyl groups excluding tert-OH is 2. The van der Waals surface area contributed by atoms with E-state index in [1.807, 2.05) is 57.3 Å². The third-order valence-electron chi connectivity index (χ3n) is 3.95. The number of halogens is 6. The Morgan fingerprint density at radius 1 is 0.641 bits per heavy atom. The minimum Gasteiger partial charge on any atom is -0.479 e. The van der Waals surface area contributed by atoms with Crippen LogP contribution in [0.25, 0.3) is 0 Å². The Kier molecular flexibility index (Phi) is 19.2. The second kappa shape index (κ2) is 19.0. The summed E-state index contributed by atoms with van der Waals surface area (Å²) < 4.78 is 5.11. The Labute approximate surface area is 308 Å². The van der Waals surface area contributed by atoms with Crippen LogP contribution in [0.3, 0.4) is 0 Å². The standard InChI is InChI=1S/2C8H6I3NO2.C4H6O6S/c2*1-12-7-4(10)2-3(9)5(6(7)11)8(13)14;5-1(6)3(9)11-4(10)2(7)8/h2*2,12H,1H3,(H,13,14);3-4,9-10H,(H,5,6)(H,7,8).